The van der Waals surface area contributed by atoms with Crippen LogP contribution in [0.3, 0.4) is 0 Å². The molecular weight excluding hydrogens is 364 g/mol. The maximum atomic E-state index is 12.0. The maximum Gasteiger partial charge on any atom is 0.273 e. The summed E-state index contributed by atoms with van der Waals surface area (Å²) in [4.78, 5) is 20.9. The van der Waals surface area contributed by atoms with Gasteiger partial charge >= 0.3 is 0 Å². The van der Waals surface area contributed by atoms with Gasteiger partial charge in [-0.25, -0.2) is 8.69 Å². The van der Waals surface area contributed by atoms with Gasteiger partial charge in [-0.3, -0.25) is 14.2 Å². The van der Waals surface area contributed by atoms with Crippen LogP contribution < -0.4 is 0 Å². The first-order chi connectivity index (χ1) is 12.6. The summed E-state index contributed by atoms with van der Waals surface area (Å²) in [5, 5.41) is 0. The first kappa shape index (κ1) is 16.7. The van der Waals surface area contributed by atoms with Gasteiger partial charge in [-0.15, -0.1) is 0 Å². The molecule has 0 fully saturated rings. The fraction of sp³-hybridized carbons (Fsp3) is 0. The van der Waals surface area contributed by atoms with Crippen molar-refractivity contribution < 1.29 is 4.79 Å². The lowest BCUT2D eigenvalue weighted by atomic mass is 10.0. The summed E-state index contributed by atoms with van der Waals surface area (Å²) in [7, 11) is 0. The fourth-order valence-corrected chi connectivity index (χ4v) is 3.10. The van der Waals surface area contributed by atoms with Crippen LogP contribution in [0.1, 0.15) is 10.4 Å². The number of carbonyl (C=O) groups is 1. The number of aromatic nitrogens is 3. The van der Waals surface area contributed by atoms with Crippen molar-refractivity contribution in [2.24, 2.45) is 0 Å². The molecule has 0 radical (unpaired) electrons. The van der Waals surface area contributed by atoms with Crippen LogP contribution >= 0.6 is 25.6 Å². The van der Waals surface area contributed by atoms with E-state index < -0.39 is 0 Å². The van der Waals surface area contributed by atoms with Crippen molar-refractivity contribution in [1.82, 2.24) is 18.1 Å². The lowest BCUT2D eigenvalue weighted by molar-refractivity contribution is 0.0936. The number of thiol groups is 2. The molecule has 4 aromatic rings. The summed E-state index contributed by atoms with van der Waals surface area (Å²) in [5.41, 5.74) is 5.12. The molecule has 3 aromatic heterocycles. The van der Waals surface area contributed by atoms with E-state index in [4.69, 9.17) is 4.98 Å². The van der Waals surface area contributed by atoms with E-state index in [1.165, 1.54) is 0 Å². The van der Waals surface area contributed by atoms with Gasteiger partial charge < -0.3 is 0 Å². The number of rotatable bonds is 3. The lowest BCUT2D eigenvalue weighted by Crippen LogP contribution is -2.11. The second kappa shape index (κ2) is 6.86. The van der Waals surface area contributed by atoms with Crippen LogP contribution in [0, 0.1) is 0 Å². The molecular formula is C19H14N4OS2. The molecule has 1 aromatic carbocycles. The lowest BCUT2D eigenvalue weighted by Gasteiger charge is -2.08. The van der Waals surface area contributed by atoms with Gasteiger partial charge in [0.05, 0.1) is 11.4 Å². The minimum absolute atomic E-state index is 0.285. The van der Waals surface area contributed by atoms with Gasteiger partial charge in [0, 0.05) is 35.3 Å². The first-order valence-electron chi connectivity index (χ1n) is 7.85. The monoisotopic (exact) mass is 378 g/mol. The summed E-state index contributed by atoms with van der Waals surface area (Å²) >= 11 is 7.85. The molecule has 0 aliphatic rings. The Hall–Kier alpha value is -2.77. The Bertz CT molecular complexity index is 1080. The number of carbonyl (C=O) groups excluding carboxylic acids is 1. The van der Waals surface area contributed by atoms with Crippen LogP contribution in [0.15, 0.2) is 73.2 Å². The smallest absolute Gasteiger partial charge is 0.273 e. The third kappa shape index (κ3) is 2.95. The van der Waals surface area contributed by atoms with E-state index in [9.17, 15) is 4.79 Å². The van der Waals surface area contributed by atoms with Crippen molar-refractivity contribution in [3.8, 4) is 22.5 Å². The topological polar surface area (TPSA) is 50.5 Å². The largest absolute Gasteiger partial charge is 0.299 e. The van der Waals surface area contributed by atoms with Crippen LogP contribution in [-0.4, -0.2) is 24.0 Å². The van der Waals surface area contributed by atoms with E-state index in [0.717, 1.165) is 31.9 Å². The second-order valence-corrected chi connectivity index (χ2v) is 6.76. The van der Waals surface area contributed by atoms with Crippen molar-refractivity contribution >= 4 is 37.2 Å². The Labute approximate surface area is 161 Å². The molecule has 26 heavy (non-hydrogen) atoms. The quantitative estimate of drug-likeness (QED) is 0.526. The Morgan fingerprint density at radius 1 is 0.923 bits per heavy atom. The van der Waals surface area contributed by atoms with E-state index in [0.29, 0.717) is 5.56 Å². The summed E-state index contributed by atoms with van der Waals surface area (Å²) in [5.74, 6) is -0.285. The normalized spacial score (nSPS) is 10.8. The molecule has 7 heteroatoms. The zero-order chi connectivity index (χ0) is 18.1. The Morgan fingerprint density at radius 3 is 2.35 bits per heavy atom. The third-order valence-electron chi connectivity index (χ3n) is 4.07. The van der Waals surface area contributed by atoms with E-state index >= 15 is 0 Å². The standard InChI is InChI=1S/C19H14N4OS2/c24-19(23(25)26)15-6-4-13(5-7-15)17-18(14-8-10-20-11-9-14)22-12-2-1-3-16(22)21-17/h1-12,25-26H. The average Bonchev–Trinajstić information content (AvgIpc) is 3.07. The number of hydrogen-bond acceptors (Lipinski definition) is 5. The molecule has 0 aliphatic heterocycles. The fourth-order valence-electron chi connectivity index (χ4n) is 2.87. The molecule has 5 nitrogen and oxygen atoms in total. The van der Waals surface area contributed by atoms with Gasteiger partial charge in [0.1, 0.15) is 5.65 Å². The van der Waals surface area contributed by atoms with Crippen molar-refractivity contribution in [3.05, 3.63) is 78.8 Å². The summed E-state index contributed by atoms with van der Waals surface area (Å²) < 4.78 is 3.01. The molecule has 1 amide bonds. The minimum Gasteiger partial charge on any atom is -0.299 e. The Morgan fingerprint density at radius 2 is 1.65 bits per heavy atom. The predicted molar refractivity (Wildman–Crippen MR) is 108 cm³/mol. The number of nitrogens with zero attached hydrogens (tertiary/aromatic N) is 4. The summed E-state index contributed by atoms with van der Waals surface area (Å²) in [6.45, 7) is 0. The molecule has 128 valence electrons. The highest BCUT2D eigenvalue weighted by atomic mass is 32.2. The van der Waals surface area contributed by atoms with E-state index in [2.05, 4.69) is 30.6 Å². The van der Waals surface area contributed by atoms with Crippen LogP contribution in [0.25, 0.3) is 28.2 Å². The zero-order valence-corrected chi connectivity index (χ0v) is 15.3. The minimum atomic E-state index is -0.285. The average molecular weight is 378 g/mol. The third-order valence-corrected chi connectivity index (χ3v) is 4.43. The summed E-state index contributed by atoms with van der Waals surface area (Å²) in [6, 6.07) is 17.1. The Balaban J connectivity index is 1.88. The molecule has 3 heterocycles. The van der Waals surface area contributed by atoms with Gasteiger partial charge in [-0.2, -0.15) is 0 Å². The second-order valence-electron chi connectivity index (χ2n) is 5.65. The highest BCUT2D eigenvalue weighted by Gasteiger charge is 2.16. The van der Waals surface area contributed by atoms with Crippen LogP contribution in [0.2, 0.25) is 0 Å². The number of hydrogen-bond donors (Lipinski definition) is 2. The maximum absolute atomic E-state index is 12.0. The van der Waals surface area contributed by atoms with Gasteiger partial charge in [-0.1, -0.05) is 43.8 Å². The van der Waals surface area contributed by atoms with Crippen molar-refractivity contribution in [3.63, 3.8) is 0 Å². The molecule has 0 spiro atoms. The van der Waals surface area contributed by atoms with Gasteiger partial charge in [-0.05, 0) is 36.4 Å². The molecule has 0 saturated heterocycles. The number of amides is 1. The SMILES string of the molecule is O=C(c1ccc(-c2nc3ccccn3c2-c2ccncc2)cc1)N(S)S. The van der Waals surface area contributed by atoms with Crippen molar-refractivity contribution in [2.45, 2.75) is 0 Å². The molecule has 0 N–H and O–H groups in total. The van der Waals surface area contributed by atoms with Gasteiger partial charge in [0.2, 0.25) is 0 Å². The molecule has 0 aliphatic carbocycles. The number of fused-ring (bicyclic) bond motifs is 1. The van der Waals surface area contributed by atoms with Crippen molar-refractivity contribution in [2.75, 3.05) is 0 Å². The highest BCUT2D eigenvalue weighted by Crippen LogP contribution is 2.32. The van der Waals surface area contributed by atoms with Gasteiger partial charge in [0.15, 0.2) is 0 Å². The van der Waals surface area contributed by atoms with Crippen LogP contribution in [0.4, 0.5) is 0 Å². The molecule has 0 bridgehead atoms. The number of benzene rings is 1. The molecule has 0 unspecified atom stereocenters. The Kier molecular flexibility index (Phi) is 4.40. The zero-order valence-electron chi connectivity index (χ0n) is 13.5. The van der Waals surface area contributed by atoms with Crippen molar-refractivity contribution in [1.29, 1.82) is 0 Å². The molecule has 0 saturated carbocycles. The van der Waals surface area contributed by atoms with E-state index in [-0.39, 0.29) is 5.91 Å². The predicted octanol–water partition coefficient (Wildman–Crippen LogP) is 4.20. The first-order valence-corrected chi connectivity index (χ1v) is 8.65. The van der Waals surface area contributed by atoms with Crippen LogP contribution in [-0.2, 0) is 0 Å². The van der Waals surface area contributed by atoms with Crippen LogP contribution in [0.5, 0.6) is 0 Å². The highest BCUT2D eigenvalue weighted by molar-refractivity contribution is 7.94. The number of imidazole rings is 1. The van der Waals surface area contributed by atoms with E-state index in [1.807, 2.05) is 53.1 Å². The van der Waals surface area contributed by atoms with Gasteiger partial charge in [0.25, 0.3) is 5.91 Å². The molecule has 0 atom stereocenters. The number of pyridine rings is 2. The molecule has 4 rings (SSSR count). The summed E-state index contributed by atoms with van der Waals surface area (Å²) in [6.07, 6.45) is 5.51. The van der Waals surface area contributed by atoms with E-state index in [1.54, 1.807) is 24.5 Å².